The summed E-state index contributed by atoms with van der Waals surface area (Å²) in [6, 6.07) is 5.90. The molecule has 1 aliphatic rings. The minimum absolute atomic E-state index is 0.330. The minimum Gasteiger partial charge on any atom is -0.379 e. The van der Waals surface area contributed by atoms with Crippen LogP contribution in [0.15, 0.2) is 30.6 Å². The Balaban J connectivity index is 1.38. The number of hydrogen-bond donors (Lipinski definition) is 1. The van der Waals surface area contributed by atoms with Crippen molar-refractivity contribution in [3.63, 3.8) is 0 Å². The van der Waals surface area contributed by atoms with E-state index in [0.29, 0.717) is 40.8 Å². The molecule has 0 amide bonds. The van der Waals surface area contributed by atoms with E-state index in [-0.39, 0.29) is 0 Å². The second kappa shape index (κ2) is 9.01. The maximum absolute atomic E-state index is 13.0. The fourth-order valence-electron chi connectivity index (χ4n) is 4.60. The average molecular weight is 456 g/mol. The van der Waals surface area contributed by atoms with Crippen molar-refractivity contribution >= 4 is 22.6 Å². The zero-order valence-electron chi connectivity index (χ0n) is 18.7. The molecule has 1 N–H and O–H groups in total. The zero-order chi connectivity index (χ0) is 22.9. The number of rotatable bonds is 7. The first-order chi connectivity index (χ1) is 16.0. The van der Waals surface area contributed by atoms with Gasteiger partial charge in [0.2, 0.25) is 5.95 Å². The van der Waals surface area contributed by atoms with Gasteiger partial charge in [-0.2, -0.15) is 0 Å². The Kier molecular flexibility index (Phi) is 5.92. The Morgan fingerprint density at radius 1 is 1.15 bits per heavy atom. The molecule has 0 bridgehead atoms. The fraction of sp³-hybridized carbons (Fsp3) is 0.478. The van der Waals surface area contributed by atoms with Crippen molar-refractivity contribution in [2.24, 2.45) is 0 Å². The Bertz CT molecular complexity index is 1260. The molecular formula is C23H27F2N7O. The van der Waals surface area contributed by atoms with Crippen LogP contribution in [0.3, 0.4) is 0 Å². The van der Waals surface area contributed by atoms with Gasteiger partial charge in [0.1, 0.15) is 11.3 Å². The van der Waals surface area contributed by atoms with Crippen LogP contribution in [0.25, 0.3) is 27.9 Å². The number of imidazole rings is 1. The first kappa shape index (κ1) is 21.7. The van der Waals surface area contributed by atoms with Crippen molar-refractivity contribution in [2.45, 2.75) is 64.6 Å². The quantitative estimate of drug-likeness (QED) is 0.443. The number of nitrogens with one attached hydrogen (secondary N) is 1. The van der Waals surface area contributed by atoms with E-state index in [1.807, 2.05) is 31.3 Å². The summed E-state index contributed by atoms with van der Waals surface area (Å²) in [4.78, 5) is 13.5. The third-order valence-electron chi connectivity index (χ3n) is 6.21. The van der Waals surface area contributed by atoms with Crippen LogP contribution in [-0.4, -0.2) is 54.3 Å². The van der Waals surface area contributed by atoms with Gasteiger partial charge in [-0.3, -0.25) is 0 Å². The molecule has 4 aromatic rings. The predicted molar refractivity (Wildman–Crippen MR) is 122 cm³/mol. The summed E-state index contributed by atoms with van der Waals surface area (Å²) in [5, 5.41) is 8.05. The molecule has 33 heavy (non-hydrogen) atoms. The molecule has 1 aliphatic carbocycles. The Labute approximate surface area is 190 Å². The number of anilines is 1. The SMILES string of the molecule is CCOC1CCC(Nc2ncc3c(-c4ccc5nc(C)n(CC(F)F)c5n4)ccn3n2)CC1. The topological polar surface area (TPSA) is 82.2 Å². The van der Waals surface area contributed by atoms with Crippen LogP contribution in [0.5, 0.6) is 0 Å². The van der Waals surface area contributed by atoms with Crippen molar-refractivity contribution in [1.82, 2.24) is 29.1 Å². The average Bonchev–Trinajstić information content (AvgIpc) is 3.35. The highest BCUT2D eigenvalue weighted by atomic mass is 19.3. The van der Waals surface area contributed by atoms with Crippen molar-refractivity contribution < 1.29 is 13.5 Å². The largest absolute Gasteiger partial charge is 0.379 e. The van der Waals surface area contributed by atoms with Crippen LogP contribution in [0.2, 0.25) is 0 Å². The highest BCUT2D eigenvalue weighted by molar-refractivity contribution is 5.82. The van der Waals surface area contributed by atoms with Gasteiger partial charge in [0.25, 0.3) is 6.43 Å². The fourth-order valence-corrected chi connectivity index (χ4v) is 4.60. The van der Waals surface area contributed by atoms with Gasteiger partial charge < -0.3 is 14.6 Å². The van der Waals surface area contributed by atoms with E-state index in [4.69, 9.17) is 4.74 Å². The summed E-state index contributed by atoms with van der Waals surface area (Å²) in [6.07, 6.45) is 5.64. The zero-order valence-corrected chi connectivity index (χ0v) is 18.7. The van der Waals surface area contributed by atoms with Crippen LogP contribution in [0.1, 0.15) is 38.4 Å². The summed E-state index contributed by atoms with van der Waals surface area (Å²) in [7, 11) is 0. The molecule has 0 unspecified atom stereocenters. The second-order valence-electron chi connectivity index (χ2n) is 8.41. The summed E-state index contributed by atoms with van der Waals surface area (Å²) in [6.45, 7) is 4.07. The first-order valence-electron chi connectivity index (χ1n) is 11.4. The number of halogens is 2. The summed E-state index contributed by atoms with van der Waals surface area (Å²) in [5.41, 5.74) is 3.35. The smallest absolute Gasteiger partial charge is 0.256 e. The molecule has 0 saturated heterocycles. The number of ether oxygens (including phenoxy) is 1. The molecule has 4 aromatic heterocycles. The molecule has 1 fully saturated rings. The molecule has 4 heterocycles. The molecule has 5 rings (SSSR count). The number of hydrogen-bond acceptors (Lipinski definition) is 6. The molecule has 1 saturated carbocycles. The normalized spacial score (nSPS) is 19.1. The maximum atomic E-state index is 13.0. The third kappa shape index (κ3) is 4.39. The number of pyridine rings is 1. The van der Waals surface area contributed by atoms with Gasteiger partial charge >= 0.3 is 0 Å². The molecule has 0 atom stereocenters. The van der Waals surface area contributed by atoms with Crippen molar-refractivity contribution in [3.8, 4) is 11.3 Å². The Morgan fingerprint density at radius 3 is 2.73 bits per heavy atom. The van der Waals surface area contributed by atoms with Crippen LogP contribution >= 0.6 is 0 Å². The van der Waals surface area contributed by atoms with Gasteiger partial charge in [-0.05, 0) is 57.7 Å². The molecule has 174 valence electrons. The number of fused-ring (bicyclic) bond motifs is 2. The van der Waals surface area contributed by atoms with E-state index in [9.17, 15) is 8.78 Å². The molecular weight excluding hydrogens is 428 g/mol. The standard InChI is InChI=1S/C23H27F2N7O/c1-3-33-16-6-4-15(5-7-16)28-23-26-12-20-17(10-11-32(20)30-23)18-8-9-19-22(29-18)31(13-21(24)25)14(2)27-19/h8-12,15-16,21H,3-7,13H2,1-2H3,(H,28,30). The van der Waals surface area contributed by atoms with E-state index in [1.54, 1.807) is 17.6 Å². The lowest BCUT2D eigenvalue weighted by Crippen LogP contribution is -2.30. The monoisotopic (exact) mass is 455 g/mol. The minimum atomic E-state index is -2.48. The Hall–Kier alpha value is -3.14. The van der Waals surface area contributed by atoms with Gasteiger partial charge in [-0.15, -0.1) is 5.10 Å². The number of nitrogens with zero attached hydrogens (tertiary/aromatic N) is 6. The lowest BCUT2D eigenvalue weighted by molar-refractivity contribution is 0.0346. The number of aryl methyl sites for hydroxylation is 1. The Morgan fingerprint density at radius 2 is 1.97 bits per heavy atom. The van der Waals surface area contributed by atoms with E-state index < -0.39 is 13.0 Å². The van der Waals surface area contributed by atoms with E-state index in [0.717, 1.165) is 43.4 Å². The molecule has 0 spiro atoms. The molecule has 10 heteroatoms. The highest BCUT2D eigenvalue weighted by Gasteiger charge is 2.22. The van der Waals surface area contributed by atoms with E-state index in [2.05, 4.69) is 25.4 Å². The predicted octanol–water partition coefficient (Wildman–Crippen LogP) is 4.47. The number of aromatic nitrogens is 6. The molecule has 8 nitrogen and oxygen atoms in total. The summed E-state index contributed by atoms with van der Waals surface area (Å²) >= 11 is 0. The molecule has 0 radical (unpaired) electrons. The first-order valence-corrected chi connectivity index (χ1v) is 11.4. The van der Waals surface area contributed by atoms with Crippen molar-refractivity contribution in [3.05, 3.63) is 36.4 Å². The van der Waals surface area contributed by atoms with Crippen LogP contribution in [0.4, 0.5) is 14.7 Å². The van der Waals surface area contributed by atoms with Gasteiger partial charge in [-0.25, -0.2) is 28.2 Å². The van der Waals surface area contributed by atoms with Gasteiger partial charge in [0.05, 0.1) is 30.1 Å². The van der Waals surface area contributed by atoms with Crippen molar-refractivity contribution in [2.75, 3.05) is 11.9 Å². The van der Waals surface area contributed by atoms with Crippen LogP contribution < -0.4 is 5.32 Å². The van der Waals surface area contributed by atoms with Crippen LogP contribution in [0, 0.1) is 6.92 Å². The summed E-state index contributed by atoms with van der Waals surface area (Å²) < 4.78 is 35.0. The van der Waals surface area contributed by atoms with Gasteiger partial charge in [0.15, 0.2) is 5.65 Å². The lowest BCUT2D eigenvalue weighted by atomic mass is 9.93. The maximum Gasteiger partial charge on any atom is 0.256 e. The highest BCUT2D eigenvalue weighted by Crippen LogP contribution is 2.27. The molecule has 0 aliphatic heterocycles. The van der Waals surface area contributed by atoms with Gasteiger partial charge in [0, 0.05) is 24.4 Å². The van der Waals surface area contributed by atoms with E-state index >= 15 is 0 Å². The van der Waals surface area contributed by atoms with Crippen LogP contribution in [-0.2, 0) is 11.3 Å². The summed E-state index contributed by atoms with van der Waals surface area (Å²) in [5.74, 6) is 1.10. The third-order valence-corrected chi connectivity index (χ3v) is 6.21. The second-order valence-corrected chi connectivity index (χ2v) is 8.41. The number of alkyl halides is 2. The lowest BCUT2D eigenvalue weighted by Gasteiger charge is -2.28. The van der Waals surface area contributed by atoms with Crippen molar-refractivity contribution in [1.29, 1.82) is 0 Å². The molecule has 0 aromatic carbocycles. The van der Waals surface area contributed by atoms with E-state index in [1.165, 1.54) is 4.57 Å². The van der Waals surface area contributed by atoms with Gasteiger partial charge in [-0.1, -0.05) is 0 Å².